The molecule has 0 saturated carbocycles. The van der Waals surface area contributed by atoms with Crippen LogP contribution in [0.5, 0.6) is 0 Å². The first-order chi connectivity index (χ1) is 19.6. The molecule has 0 aromatic heterocycles. The van der Waals surface area contributed by atoms with Crippen LogP contribution in [0.25, 0.3) is 0 Å². The summed E-state index contributed by atoms with van der Waals surface area (Å²) in [4.78, 5) is 24.3. The normalized spacial score (nSPS) is 12.0. The fourth-order valence-electron chi connectivity index (χ4n) is 5.19. The van der Waals surface area contributed by atoms with E-state index >= 15 is 0 Å². The lowest BCUT2D eigenvalue weighted by Gasteiger charge is -2.15. The Labute approximate surface area is 258 Å². The Hall–Kier alpha value is -0.580. The van der Waals surface area contributed by atoms with Crippen molar-refractivity contribution in [2.24, 2.45) is 0 Å². The van der Waals surface area contributed by atoms with Crippen molar-refractivity contribution in [2.45, 2.75) is 200 Å². The minimum Gasteiger partial charge on any atom is -0.462 e. The molecule has 0 aromatic rings. The Morgan fingerprint density at radius 2 is 0.775 bits per heavy atom. The molecule has 0 saturated heterocycles. The second-order valence-electron chi connectivity index (χ2n) is 11.9. The molecule has 0 aliphatic heterocycles. The first-order valence-electron chi connectivity index (χ1n) is 17.5. The van der Waals surface area contributed by atoms with Gasteiger partial charge in [-0.25, -0.2) is 0 Å². The molecule has 5 heteroatoms. The first-order valence-corrected chi connectivity index (χ1v) is 18.7. The van der Waals surface area contributed by atoms with Crippen molar-refractivity contribution >= 4 is 27.9 Å². The number of halogens is 1. The van der Waals surface area contributed by atoms with E-state index in [0.29, 0.717) is 18.2 Å². The van der Waals surface area contributed by atoms with Gasteiger partial charge in [0, 0.05) is 18.2 Å². The van der Waals surface area contributed by atoms with Crippen molar-refractivity contribution in [3.8, 4) is 0 Å². The van der Waals surface area contributed by atoms with Gasteiger partial charge in [0.1, 0.15) is 12.7 Å². The standard InChI is InChI=1S/C35H67BrO4/c1-3-5-7-9-11-13-15-17-19-21-23-25-27-29-34(37)39-32-33(31-36)40-35(38)30-28-26-24-22-20-18-16-14-12-10-8-6-4-2/h33H,3-32H2,1-2H3/t33-/m1/s1. The number of hydrogen-bond acceptors (Lipinski definition) is 4. The Balaban J connectivity index is 3.53. The van der Waals surface area contributed by atoms with Crippen molar-refractivity contribution < 1.29 is 19.1 Å². The van der Waals surface area contributed by atoms with Crippen LogP contribution in [-0.2, 0) is 19.1 Å². The minimum absolute atomic E-state index is 0.146. The number of ether oxygens (including phenoxy) is 2. The fraction of sp³-hybridized carbons (Fsp3) is 0.943. The zero-order valence-electron chi connectivity index (χ0n) is 26.8. The predicted octanol–water partition coefficient (Wildman–Crippen LogP) is 11.8. The van der Waals surface area contributed by atoms with E-state index in [4.69, 9.17) is 9.47 Å². The molecule has 0 fully saturated rings. The van der Waals surface area contributed by atoms with Crippen molar-refractivity contribution in [2.75, 3.05) is 11.9 Å². The van der Waals surface area contributed by atoms with Gasteiger partial charge in [0.15, 0.2) is 0 Å². The van der Waals surface area contributed by atoms with E-state index in [-0.39, 0.29) is 18.5 Å². The van der Waals surface area contributed by atoms with Crippen molar-refractivity contribution in [3.63, 3.8) is 0 Å². The molecule has 1 atom stereocenters. The Kier molecular flexibility index (Phi) is 32.5. The summed E-state index contributed by atoms with van der Waals surface area (Å²) in [6.07, 6.45) is 34.1. The summed E-state index contributed by atoms with van der Waals surface area (Å²) in [7, 11) is 0. The highest BCUT2D eigenvalue weighted by molar-refractivity contribution is 9.09. The van der Waals surface area contributed by atoms with Gasteiger partial charge in [-0.1, -0.05) is 184 Å². The third kappa shape index (κ3) is 30.4. The molecule has 0 rings (SSSR count). The van der Waals surface area contributed by atoms with Crippen LogP contribution in [-0.4, -0.2) is 30.0 Å². The van der Waals surface area contributed by atoms with E-state index < -0.39 is 6.10 Å². The number of carbonyl (C=O) groups is 2. The van der Waals surface area contributed by atoms with Crippen molar-refractivity contribution in [1.82, 2.24) is 0 Å². The van der Waals surface area contributed by atoms with Gasteiger partial charge in [-0.3, -0.25) is 9.59 Å². The summed E-state index contributed by atoms with van der Waals surface area (Å²) in [6, 6.07) is 0. The van der Waals surface area contributed by atoms with E-state index in [1.165, 1.54) is 141 Å². The van der Waals surface area contributed by atoms with Gasteiger partial charge in [0.2, 0.25) is 0 Å². The zero-order chi connectivity index (χ0) is 29.4. The Bertz CT molecular complexity index is 539. The molecule has 0 aliphatic carbocycles. The predicted molar refractivity (Wildman–Crippen MR) is 175 cm³/mol. The van der Waals surface area contributed by atoms with Gasteiger partial charge < -0.3 is 9.47 Å². The highest BCUT2D eigenvalue weighted by Crippen LogP contribution is 2.15. The molecule has 0 unspecified atom stereocenters. The lowest BCUT2D eigenvalue weighted by atomic mass is 10.0. The molecular formula is C35H67BrO4. The minimum atomic E-state index is -0.398. The fourth-order valence-corrected chi connectivity index (χ4v) is 5.51. The van der Waals surface area contributed by atoms with E-state index in [1.807, 2.05) is 0 Å². The third-order valence-electron chi connectivity index (χ3n) is 7.87. The van der Waals surface area contributed by atoms with E-state index in [0.717, 1.165) is 25.7 Å². The van der Waals surface area contributed by atoms with Crippen LogP contribution in [0.1, 0.15) is 194 Å². The molecule has 0 heterocycles. The second kappa shape index (κ2) is 32.9. The lowest BCUT2D eigenvalue weighted by molar-refractivity contribution is -0.157. The summed E-state index contributed by atoms with van der Waals surface area (Å²) in [5.41, 5.74) is 0. The topological polar surface area (TPSA) is 52.6 Å². The summed E-state index contributed by atoms with van der Waals surface area (Å²) in [6.45, 7) is 4.68. The van der Waals surface area contributed by atoms with E-state index in [2.05, 4.69) is 29.8 Å². The monoisotopic (exact) mass is 630 g/mol. The van der Waals surface area contributed by atoms with Gasteiger partial charge in [0.05, 0.1) is 0 Å². The number of esters is 2. The maximum absolute atomic E-state index is 12.2. The maximum Gasteiger partial charge on any atom is 0.306 e. The largest absolute Gasteiger partial charge is 0.462 e. The highest BCUT2D eigenvalue weighted by Gasteiger charge is 2.15. The van der Waals surface area contributed by atoms with E-state index in [9.17, 15) is 9.59 Å². The SMILES string of the molecule is CCCCCCCCCCCCCCCC(=O)OC[C@@H](CBr)OC(=O)CCCCCCCCCCCCCCC. The van der Waals surface area contributed by atoms with Crippen LogP contribution in [0.15, 0.2) is 0 Å². The van der Waals surface area contributed by atoms with Crippen LogP contribution in [0.2, 0.25) is 0 Å². The summed E-state index contributed by atoms with van der Waals surface area (Å²) in [5.74, 6) is -0.360. The molecule has 0 aliphatic rings. The number of hydrogen-bond donors (Lipinski definition) is 0. The van der Waals surface area contributed by atoms with Crippen molar-refractivity contribution in [3.05, 3.63) is 0 Å². The van der Waals surface area contributed by atoms with Gasteiger partial charge in [-0.15, -0.1) is 0 Å². The summed E-state index contributed by atoms with van der Waals surface area (Å²) in [5, 5.41) is 0.489. The second-order valence-corrected chi connectivity index (χ2v) is 12.6. The van der Waals surface area contributed by atoms with E-state index in [1.54, 1.807) is 0 Å². The quantitative estimate of drug-likeness (QED) is 0.0421. The van der Waals surface area contributed by atoms with Gasteiger partial charge in [-0.05, 0) is 12.8 Å². The van der Waals surface area contributed by atoms with Crippen LogP contribution < -0.4 is 0 Å². The molecular weight excluding hydrogens is 564 g/mol. The number of unbranched alkanes of at least 4 members (excludes halogenated alkanes) is 24. The molecule has 238 valence electrons. The van der Waals surface area contributed by atoms with Crippen molar-refractivity contribution in [1.29, 1.82) is 0 Å². The molecule has 40 heavy (non-hydrogen) atoms. The van der Waals surface area contributed by atoms with Gasteiger partial charge >= 0.3 is 11.9 Å². The Morgan fingerprint density at radius 1 is 0.475 bits per heavy atom. The van der Waals surface area contributed by atoms with Gasteiger partial charge in [0.25, 0.3) is 0 Å². The number of rotatable bonds is 32. The molecule has 0 bridgehead atoms. The third-order valence-corrected chi connectivity index (χ3v) is 8.59. The van der Waals surface area contributed by atoms with Crippen LogP contribution in [0, 0.1) is 0 Å². The summed E-state index contributed by atoms with van der Waals surface area (Å²) >= 11 is 3.39. The molecule has 0 spiro atoms. The maximum atomic E-state index is 12.2. The average molecular weight is 632 g/mol. The van der Waals surface area contributed by atoms with Crippen LogP contribution >= 0.6 is 15.9 Å². The number of carbonyl (C=O) groups excluding carboxylic acids is 2. The molecule has 0 amide bonds. The molecule has 0 N–H and O–H groups in total. The van der Waals surface area contributed by atoms with Crippen LogP contribution in [0.4, 0.5) is 0 Å². The summed E-state index contributed by atoms with van der Waals surface area (Å²) < 4.78 is 10.9. The Morgan fingerprint density at radius 3 is 1.10 bits per heavy atom. The molecule has 0 radical (unpaired) electrons. The lowest BCUT2D eigenvalue weighted by Crippen LogP contribution is -2.26. The first kappa shape index (κ1) is 39.4. The molecule has 4 nitrogen and oxygen atoms in total. The van der Waals surface area contributed by atoms with Crippen LogP contribution in [0.3, 0.4) is 0 Å². The smallest absolute Gasteiger partial charge is 0.306 e. The molecule has 0 aromatic carbocycles. The number of alkyl halides is 1. The zero-order valence-corrected chi connectivity index (χ0v) is 28.4. The highest BCUT2D eigenvalue weighted by atomic mass is 79.9. The van der Waals surface area contributed by atoms with Gasteiger partial charge in [-0.2, -0.15) is 0 Å². The average Bonchev–Trinajstić information content (AvgIpc) is 2.96.